The molecule has 5 heteroatoms. The van der Waals surface area contributed by atoms with Crippen molar-refractivity contribution in [3.63, 3.8) is 0 Å². The van der Waals surface area contributed by atoms with Gasteiger partial charge in [0.05, 0.1) is 29.4 Å². The van der Waals surface area contributed by atoms with Gasteiger partial charge in [0.15, 0.2) is 0 Å². The second-order valence-corrected chi connectivity index (χ2v) is 6.54. The summed E-state index contributed by atoms with van der Waals surface area (Å²) in [5, 5.41) is 11.7. The molecule has 1 N–H and O–H groups in total. The summed E-state index contributed by atoms with van der Waals surface area (Å²) in [5.74, 6) is 0. The molecule has 1 fully saturated rings. The van der Waals surface area contributed by atoms with Crippen LogP contribution in [0.3, 0.4) is 0 Å². The molecule has 0 amide bonds. The first-order valence-corrected chi connectivity index (χ1v) is 7.61. The van der Waals surface area contributed by atoms with Crippen LogP contribution in [-0.2, 0) is 11.2 Å². The highest BCUT2D eigenvalue weighted by Gasteiger charge is 2.35. The first kappa shape index (κ1) is 16.1. The summed E-state index contributed by atoms with van der Waals surface area (Å²) in [7, 11) is 0. The molecule has 20 heavy (non-hydrogen) atoms. The lowest BCUT2D eigenvalue weighted by Crippen LogP contribution is -2.56. The van der Waals surface area contributed by atoms with Crippen molar-refractivity contribution in [1.29, 1.82) is 0 Å². The van der Waals surface area contributed by atoms with E-state index >= 15 is 0 Å². The number of morpholine rings is 1. The molecule has 0 aromatic heterocycles. The minimum absolute atomic E-state index is 0.296. The molecule has 1 atom stereocenters. The van der Waals surface area contributed by atoms with Crippen LogP contribution in [0.4, 0.5) is 0 Å². The summed E-state index contributed by atoms with van der Waals surface area (Å²) in [6.07, 6.45) is 0.0826. The molecule has 3 nitrogen and oxygen atoms in total. The third-order valence-electron chi connectivity index (χ3n) is 4.05. The Morgan fingerprint density at radius 1 is 1.25 bits per heavy atom. The highest BCUT2D eigenvalue weighted by Crippen LogP contribution is 2.26. The molecule has 1 heterocycles. The molecule has 0 radical (unpaired) electrons. The highest BCUT2D eigenvalue weighted by molar-refractivity contribution is 6.42. The van der Waals surface area contributed by atoms with Crippen LogP contribution in [0.15, 0.2) is 18.2 Å². The zero-order chi connectivity index (χ0) is 14.8. The average Bonchev–Trinajstić information content (AvgIpc) is 2.44. The van der Waals surface area contributed by atoms with E-state index in [-0.39, 0.29) is 5.54 Å². The van der Waals surface area contributed by atoms with E-state index in [4.69, 9.17) is 27.9 Å². The fourth-order valence-corrected chi connectivity index (χ4v) is 2.81. The van der Waals surface area contributed by atoms with Gasteiger partial charge in [-0.15, -0.1) is 0 Å². The van der Waals surface area contributed by atoms with Gasteiger partial charge in [-0.05, 0) is 31.5 Å². The SMILES string of the molecule is CC(C)(C(O)Cc1ccc(Cl)c(Cl)c1)N1CCOCC1. The minimum atomic E-state index is -0.474. The smallest absolute Gasteiger partial charge is 0.0758 e. The maximum absolute atomic E-state index is 10.6. The lowest BCUT2D eigenvalue weighted by atomic mass is 9.89. The third kappa shape index (κ3) is 3.66. The Morgan fingerprint density at radius 2 is 1.90 bits per heavy atom. The Labute approximate surface area is 130 Å². The van der Waals surface area contributed by atoms with Crippen LogP contribution in [0, 0.1) is 0 Å². The van der Waals surface area contributed by atoms with E-state index in [0.717, 1.165) is 31.9 Å². The van der Waals surface area contributed by atoms with Gasteiger partial charge in [-0.1, -0.05) is 29.3 Å². The van der Waals surface area contributed by atoms with Crippen LogP contribution in [0.2, 0.25) is 10.0 Å². The van der Waals surface area contributed by atoms with Gasteiger partial charge in [0, 0.05) is 25.0 Å². The fourth-order valence-electron chi connectivity index (χ4n) is 2.49. The molecule has 1 aliphatic rings. The molecule has 1 aromatic rings. The summed E-state index contributed by atoms with van der Waals surface area (Å²) in [6.45, 7) is 7.30. The quantitative estimate of drug-likeness (QED) is 0.926. The number of hydrogen-bond donors (Lipinski definition) is 1. The Bertz CT molecular complexity index is 459. The Morgan fingerprint density at radius 3 is 2.50 bits per heavy atom. The summed E-state index contributed by atoms with van der Waals surface area (Å²) in [5.41, 5.74) is 0.698. The second kappa shape index (κ2) is 6.63. The van der Waals surface area contributed by atoms with Crippen molar-refractivity contribution in [2.75, 3.05) is 26.3 Å². The number of benzene rings is 1. The van der Waals surface area contributed by atoms with E-state index < -0.39 is 6.10 Å². The molecule has 1 unspecified atom stereocenters. The third-order valence-corrected chi connectivity index (χ3v) is 4.79. The molecule has 2 rings (SSSR count). The van der Waals surface area contributed by atoms with Crippen LogP contribution in [0.1, 0.15) is 19.4 Å². The van der Waals surface area contributed by atoms with E-state index in [1.54, 1.807) is 6.07 Å². The molecule has 0 saturated carbocycles. The predicted molar refractivity (Wildman–Crippen MR) is 82.6 cm³/mol. The van der Waals surface area contributed by atoms with Crippen molar-refractivity contribution in [2.45, 2.75) is 31.9 Å². The number of hydrogen-bond acceptors (Lipinski definition) is 3. The van der Waals surface area contributed by atoms with Gasteiger partial charge in [0.25, 0.3) is 0 Å². The highest BCUT2D eigenvalue weighted by atomic mass is 35.5. The zero-order valence-electron chi connectivity index (χ0n) is 11.9. The fraction of sp³-hybridized carbons (Fsp3) is 0.600. The normalized spacial score (nSPS) is 19.1. The van der Waals surface area contributed by atoms with Gasteiger partial charge in [0.1, 0.15) is 0 Å². The number of rotatable bonds is 4. The Balaban J connectivity index is 2.05. The van der Waals surface area contributed by atoms with Crippen LogP contribution < -0.4 is 0 Å². The monoisotopic (exact) mass is 317 g/mol. The van der Waals surface area contributed by atoms with Crippen molar-refractivity contribution >= 4 is 23.2 Å². The van der Waals surface area contributed by atoms with Crippen LogP contribution in [0.25, 0.3) is 0 Å². The van der Waals surface area contributed by atoms with Crippen molar-refractivity contribution in [2.24, 2.45) is 0 Å². The minimum Gasteiger partial charge on any atom is -0.391 e. The summed E-state index contributed by atoms with van der Waals surface area (Å²) in [6, 6.07) is 5.50. The first-order chi connectivity index (χ1) is 9.41. The molecule has 1 aromatic carbocycles. The van der Waals surface area contributed by atoms with Crippen molar-refractivity contribution in [1.82, 2.24) is 4.90 Å². The van der Waals surface area contributed by atoms with E-state index in [0.29, 0.717) is 16.5 Å². The summed E-state index contributed by atoms with van der Waals surface area (Å²) < 4.78 is 5.37. The predicted octanol–water partition coefficient (Wildman–Crippen LogP) is 3.01. The van der Waals surface area contributed by atoms with Gasteiger partial charge in [-0.3, -0.25) is 4.90 Å². The average molecular weight is 318 g/mol. The lowest BCUT2D eigenvalue weighted by Gasteiger charge is -2.43. The van der Waals surface area contributed by atoms with E-state index in [9.17, 15) is 5.11 Å². The van der Waals surface area contributed by atoms with Gasteiger partial charge in [-0.25, -0.2) is 0 Å². The van der Waals surface area contributed by atoms with E-state index in [1.165, 1.54) is 0 Å². The van der Waals surface area contributed by atoms with E-state index in [1.807, 2.05) is 12.1 Å². The maximum Gasteiger partial charge on any atom is 0.0758 e. The lowest BCUT2D eigenvalue weighted by molar-refractivity contribution is -0.0612. The summed E-state index contributed by atoms with van der Waals surface area (Å²) in [4.78, 5) is 2.28. The van der Waals surface area contributed by atoms with Crippen LogP contribution >= 0.6 is 23.2 Å². The van der Waals surface area contributed by atoms with Crippen LogP contribution in [0.5, 0.6) is 0 Å². The standard InChI is InChI=1S/C15H21Cl2NO2/c1-15(2,18-5-7-20-8-6-18)14(19)10-11-3-4-12(16)13(17)9-11/h3-4,9,14,19H,5-8,10H2,1-2H3. The number of aliphatic hydroxyl groups excluding tert-OH is 1. The van der Waals surface area contributed by atoms with E-state index in [2.05, 4.69) is 18.7 Å². The molecular formula is C15H21Cl2NO2. The largest absolute Gasteiger partial charge is 0.391 e. The molecule has 112 valence electrons. The second-order valence-electron chi connectivity index (χ2n) is 5.72. The Kier molecular flexibility index (Phi) is 5.32. The molecule has 1 saturated heterocycles. The van der Waals surface area contributed by atoms with Crippen molar-refractivity contribution < 1.29 is 9.84 Å². The maximum atomic E-state index is 10.6. The molecular weight excluding hydrogens is 297 g/mol. The topological polar surface area (TPSA) is 32.7 Å². The van der Waals surface area contributed by atoms with Gasteiger partial charge in [0.2, 0.25) is 0 Å². The molecule has 0 spiro atoms. The first-order valence-electron chi connectivity index (χ1n) is 6.86. The number of nitrogens with zero attached hydrogens (tertiary/aromatic N) is 1. The molecule has 0 bridgehead atoms. The number of aliphatic hydroxyl groups is 1. The Hall–Kier alpha value is -0.320. The summed E-state index contributed by atoms with van der Waals surface area (Å²) >= 11 is 11.9. The van der Waals surface area contributed by atoms with Crippen LogP contribution in [-0.4, -0.2) is 48.0 Å². The zero-order valence-corrected chi connectivity index (χ0v) is 13.4. The van der Waals surface area contributed by atoms with Gasteiger partial charge < -0.3 is 9.84 Å². The molecule has 1 aliphatic heterocycles. The van der Waals surface area contributed by atoms with Crippen molar-refractivity contribution in [3.05, 3.63) is 33.8 Å². The number of halogens is 2. The van der Waals surface area contributed by atoms with Gasteiger partial charge in [-0.2, -0.15) is 0 Å². The van der Waals surface area contributed by atoms with Gasteiger partial charge >= 0.3 is 0 Å². The molecule has 0 aliphatic carbocycles. The van der Waals surface area contributed by atoms with Crippen molar-refractivity contribution in [3.8, 4) is 0 Å². The number of ether oxygens (including phenoxy) is 1.